The minimum Gasteiger partial charge on any atom is -0.392 e. The van der Waals surface area contributed by atoms with Gasteiger partial charge in [-0.1, -0.05) is 71.2 Å². The highest BCUT2D eigenvalue weighted by Crippen LogP contribution is 2.32. The number of carbonyl (C=O) groups is 6. The molecule has 149 heavy (non-hydrogen) atoms. The van der Waals surface area contributed by atoms with Crippen molar-refractivity contribution in [3.05, 3.63) is 494 Å². The Morgan fingerprint density at radius 1 is 0.242 bits per heavy atom. The highest BCUT2D eigenvalue weighted by Gasteiger charge is 2.18. The van der Waals surface area contributed by atoms with Crippen LogP contribution in [0.15, 0.2) is 303 Å². The molecule has 0 aliphatic heterocycles. The van der Waals surface area contributed by atoms with Crippen LogP contribution in [0.25, 0.3) is 104 Å². The predicted octanol–water partition coefficient (Wildman–Crippen LogP) is 29.1. The molecule has 19 nitrogen and oxygen atoms in total. The van der Waals surface area contributed by atoms with Gasteiger partial charge in [-0.25, -0.2) is 43.9 Å². The van der Waals surface area contributed by atoms with Gasteiger partial charge in [-0.15, -0.1) is 0 Å². The van der Waals surface area contributed by atoms with Gasteiger partial charge in [-0.05, 0) is 409 Å². The van der Waals surface area contributed by atoms with Gasteiger partial charge in [0.25, 0.3) is 0 Å². The zero-order chi connectivity index (χ0) is 107. The van der Waals surface area contributed by atoms with E-state index in [1.807, 2.05) is 36.4 Å². The number of nitrogens with one attached hydrogen (secondary N) is 6. The minimum absolute atomic E-state index is 0.176. The first-order valence-electron chi connectivity index (χ1n) is 45.5. The lowest BCUT2D eigenvalue weighted by Gasteiger charge is -2.01. The standard InChI is InChI=1S/C21H19FN2O.C20H16F2N2O2.C19H13Cl2FN2O.C19H14ClFN2O.C19H13F3N2O.C19H14F2N2O/c1-13-4-5-16(10-14(13)2)20-12-18(23-24-20)7-9-21(25)17-6-8-19(22)15(3)11-17;1-12-8-14(3-6-17(12)21)20(26)7-4-15-10-19(24-23-15)16-5-2-13(11-25)9-18(16)22;1-11-8-13(3-6-17(11)22)19(25)7-4-14-10-18(24-23-14)12-2-5-15(20)16(21)9-12;1-12-10-14(4-8-17(12)21)19(24)9-7-16-11-18(23-22-16)13-2-5-15(20)6-3-13;1-11-8-13(3-5-15(11)20)19(25)7-4-14-10-18(24-23-14)12-2-6-16(21)17(22)9-12;1-12-10-14(4-8-17(12)21)19(24)9-7-16-11-18(23-22-16)13-2-5-15(20)6-3-13/h4-12H,1-3H3,(H,23,24);2-10,25H,11H2,1H3,(H,23,24);2-10H,1H3,(H,23,24);2-11H,1H3,(H,22,23);2-10H,1H3,(H,23,24);2-11H,1H3,(H,22,23)/b9-7+;2*7-4+;9-7+;7-4+;9-7+. The summed E-state index contributed by atoms with van der Waals surface area (Å²) in [4.78, 5) is 72.9. The van der Waals surface area contributed by atoms with Crippen LogP contribution in [0.3, 0.4) is 0 Å². The molecule has 7 N–H and O–H groups in total. The van der Waals surface area contributed by atoms with Crippen LogP contribution in [0.5, 0.6) is 0 Å². The smallest absolute Gasteiger partial charge is 0.185 e. The van der Waals surface area contributed by atoms with Crippen LogP contribution < -0.4 is 0 Å². The number of aliphatic hydroxyl groups excluding tert-OH is 1. The van der Waals surface area contributed by atoms with Gasteiger partial charge >= 0.3 is 0 Å². The number of carbonyl (C=O) groups excluding carboxylic acids is 6. The number of ketones is 6. The summed E-state index contributed by atoms with van der Waals surface area (Å²) in [5.74, 6) is -6.10. The number of halogens is 13. The Bertz CT molecular complexity index is 7660. The number of allylic oxidation sites excluding steroid dienone is 6. The van der Waals surface area contributed by atoms with Crippen molar-refractivity contribution in [3.63, 3.8) is 0 Å². The average molecular weight is 2070 g/mol. The average Bonchev–Trinajstić information content (AvgIpc) is 1.70. The van der Waals surface area contributed by atoms with Crippen LogP contribution in [0, 0.1) is 114 Å². The molecule has 6 heterocycles. The Kier molecular flexibility index (Phi) is 37.1. The molecule has 18 rings (SSSR count). The molecule has 0 spiro atoms. The first-order chi connectivity index (χ1) is 71.3. The third-order valence-corrected chi connectivity index (χ3v) is 23.7. The number of nitrogens with zero attached hydrogens (tertiary/aromatic N) is 6. The zero-order valence-corrected chi connectivity index (χ0v) is 82.8. The van der Waals surface area contributed by atoms with Crippen molar-refractivity contribution in [3.8, 4) is 67.5 Å². The van der Waals surface area contributed by atoms with Gasteiger partial charge in [-0.3, -0.25) is 59.4 Å². The van der Waals surface area contributed by atoms with Crippen molar-refractivity contribution < 1.29 is 77.8 Å². The lowest BCUT2D eigenvalue weighted by Crippen LogP contribution is -1.96. The van der Waals surface area contributed by atoms with Crippen LogP contribution in [0.1, 0.15) is 146 Å². The fraction of sp³-hybridized carbons (Fsp3) is 0.0769. The molecule has 0 radical (unpaired) electrons. The van der Waals surface area contributed by atoms with E-state index in [-0.39, 0.29) is 82.0 Å². The number of aryl methyl sites for hydroxylation is 8. The Morgan fingerprint density at radius 2 is 0.510 bits per heavy atom. The summed E-state index contributed by atoms with van der Waals surface area (Å²) in [6.45, 7) is 13.6. The van der Waals surface area contributed by atoms with E-state index in [1.54, 1.807) is 139 Å². The highest BCUT2D eigenvalue weighted by atomic mass is 35.5. The Morgan fingerprint density at radius 3 is 0.805 bits per heavy atom. The SMILES string of the molecule is Cc1cc(C(=O)/C=C/c2cc(-c3ccc(CO)cc3F)n[nH]2)ccc1F.Cc1cc(C(=O)/C=C/c2cc(-c3ccc(Cl)c(Cl)c3)n[nH]2)ccc1F.Cc1cc(C(=O)/C=C/c2cc(-c3ccc(Cl)cc3)n[nH]2)ccc1F.Cc1cc(C(=O)/C=C/c2cc(-c3ccc(F)c(F)c3)n[nH]2)ccc1F.Cc1cc(C(=O)/C=C/c2cc(-c3ccc(F)cc3)n[nH]2)ccc1F.Cc1ccc(-c2cc(/C=C/C(=O)c3ccc(F)c(C)c3)[nH]n2)cc1C. The topological polar surface area (TPSA) is 295 Å². The van der Waals surface area contributed by atoms with Crippen molar-refractivity contribution in [2.75, 3.05) is 0 Å². The Labute approximate surface area is 863 Å². The number of hydrogen-bond acceptors (Lipinski definition) is 13. The second-order valence-corrected chi connectivity index (χ2v) is 35.0. The molecule has 0 bridgehead atoms. The third-order valence-electron chi connectivity index (χ3n) is 22.7. The van der Waals surface area contributed by atoms with Gasteiger partial charge in [0.2, 0.25) is 0 Å². The molecule has 12 aromatic carbocycles. The number of H-pyrrole nitrogens is 6. The molecular weight excluding hydrogens is 1980 g/mol. The van der Waals surface area contributed by atoms with E-state index < -0.39 is 17.5 Å². The zero-order valence-electron chi connectivity index (χ0n) is 80.5. The molecule has 0 aliphatic rings. The van der Waals surface area contributed by atoms with Crippen molar-refractivity contribution in [2.24, 2.45) is 0 Å². The second kappa shape index (κ2) is 50.8. The molecule has 750 valence electrons. The van der Waals surface area contributed by atoms with Gasteiger partial charge in [0.05, 0.1) is 85.0 Å². The first kappa shape index (κ1) is 109. The lowest BCUT2D eigenvalue weighted by molar-refractivity contribution is 0.103. The molecule has 0 saturated heterocycles. The number of hydrogen-bond donors (Lipinski definition) is 7. The molecule has 0 fully saturated rings. The van der Waals surface area contributed by atoms with E-state index in [9.17, 15) is 72.7 Å². The highest BCUT2D eigenvalue weighted by molar-refractivity contribution is 6.42. The van der Waals surface area contributed by atoms with Crippen LogP contribution in [-0.2, 0) is 6.61 Å². The van der Waals surface area contributed by atoms with Crippen molar-refractivity contribution in [1.82, 2.24) is 61.2 Å². The van der Waals surface area contributed by atoms with Crippen molar-refractivity contribution in [2.45, 2.75) is 62.0 Å². The Hall–Kier alpha value is -17.5. The summed E-state index contributed by atoms with van der Waals surface area (Å²) in [7, 11) is 0. The summed E-state index contributed by atoms with van der Waals surface area (Å²) in [5, 5.41) is 52.3. The van der Waals surface area contributed by atoms with E-state index in [1.165, 1.54) is 193 Å². The number of rotatable bonds is 25. The maximum atomic E-state index is 14.1. The molecule has 0 unspecified atom stereocenters. The first-order valence-corrected chi connectivity index (χ1v) is 46.6. The maximum Gasteiger partial charge on any atom is 0.185 e. The fourth-order valence-electron chi connectivity index (χ4n) is 14.1. The van der Waals surface area contributed by atoms with Gasteiger partial charge in [0, 0.05) is 71.8 Å². The van der Waals surface area contributed by atoms with Crippen LogP contribution >= 0.6 is 34.8 Å². The second-order valence-electron chi connectivity index (χ2n) is 33.8. The number of benzene rings is 12. The van der Waals surface area contributed by atoms with Crippen molar-refractivity contribution in [1.29, 1.82) is 0 Å². The largest absolute Gasteiger partial charge is 0.392 e. The molecule has 0 saturated carbocycles. The van der Waals surface area contributed by atoms with E-state index in [4.69, 9.17) is 39.9 Å². The number of aromatic amines is 6. The summed E-state index contributed by atoms with van der Waals surface area (Å²) in [6.07, 6.45) is 18.0. The molecular formula is C117H89Cl3F10N12O7. The van der Waals surface area contributed by atoms with Crippen LogP contribution in [0.4, 0.5) is 43.9 Å². The lowest BCUT2D eigenvalue weighted by atomic mass is 10.0. The maximum absolute atomic E-state index is 14.1. The summed E-state index contributed by atoms with van der Waals surface area (Å²) >= 11 is 17.8. The number of aliphatic hydroxyl groups is 1. The van der Waals surface area contributed by atoms with Crippen LogP contribution in [0.2, 0.25) is 15.1 Å². The van der Waals surface area contributed by atoms with E-state index in [0.29, 0.717) is 150 Å². The molecule has 0 atom stereocenters. The Balaban J connectivity index is 0.000000149. The summed E-state index contributed by atoms with van der Waals surface area (Å²) in [5.41, 5.74) is 19.7. The van der Waals surface area contributed by atoms with Gasteiger partial charge in [0.15, 0.2) is 46.3 Å². The van der Waals surface area contributed by atoms with Crippen molar-refractivity contribution >= 4 is 106 Å². The number of aromatic nitrogens is 12. The molecule has 32 heteroatoms. The van der Waals surface area contributed by atoms with Crippen LogP contribution in [-0.4, -0.2) is 101 Å². The molecule has 0 amide bonds. The van der Waals surface area contributed by atoms with Gasteiger partial charge in [-0.2, -0.15) is 30.6 Å². The molecule has 6 aromatic heterocycles. The predicted molar refractivity (Wildman–Crippen MR) is 561 cm³/mol. The van der Waals surface area contributed by atoms with E-state index in [0.717, 1.165) is 51.5 Å². The minimum atomic E-state index is -0.959. The molecule has 0 aliphatic carbocycles. The fourth-order valence-corrected chi connectivity index (χ4v) is 14.5. The third kappa shape index (κ3) is 30.3. The molecule has 18 aromatic rings. The summed E-state index contributed by atoms with van der Waals surface area (Å²) < 4.78 is 133. The normalized spacial score (nSPS) is 11.2. The summed E-state index contributed by atoms with van der Waals surface area (Å²) in [6, 6.07) is 68.6. The quantitative estimate of drug-likeness (QED) is 0.0159. The van der Waals surface area contributed by atoms with E-state index in [2.05, 4.69) is 87.2 Å². The van der Waals surface area contributed by atoms with Gasteiger partial charge in [0.1, 0.15) is 46.5 Å². The van der Waals surface area contributed by atoms with Gasteiger partial charge < -0.3 is 5.11 Å². The van der Waals surface area contributed by atoms with E-state index >= 15 is 0 Å². The monoisotopic (exact) mass is 2070 g/mol.